The third kappa shape index (κ3) is 4.88. The highest BCUT2D eigenvalue weighted by molar-refractivity contribution is 7.92. The standard InChI is InChI=1S/C21H19ClN2O4S/c1-14-13-15(22)7-12-19(14)24-29(26,27)17-10-8-16(9-11-17)23-21(25)18-5-3-4-6-20(18)28-2/h3-13,24H,1-2H3,(H,23,25). The summed E-state index contributed by atoms with van der Waals surface area (Å²) >= 11 is 5.91. The first kappa shape index (κ1) is 20.7. The van der Waals surface area contributed by atoms with Crippen molar-refractivity contribution in [2.75, 3.05) is 17.1 Å². The summed E-state index contributed by atoms with van der Waals surface area (Å²) in [6.07, 6.45) is 0. The van der Waals surface area contributed by atoms with E-state index in [2.05, 4.69) is 10.0 Å². The Labute approximate surface area is 174 Å². The largest absolute Gasteiger partial charge is 0.496 e. The summed E-state index contributed by atoms with van der Waals surface area (Å²) in [4.78, 5) is 12.5. The Morgan fingerprint density at radius 2 is 1.69 bits per heavy atom. The molecular weight excluding hydrogens is 412 g/mol. The number of nitrogens with one attached hydrogen (secondary N) is 2. The first-order valence-electron chi connectivity index (χ1n) is 8.63. The Morgan fingerprint density at radius 1 is 1.00 bits per heavy atom. The number of carbonyl (C=O) groups excluding carboxylic acids is 1. The van der Waals surface area contributed by atoms with Gasteiger partial charge in [0.25, 0.3) is 15.9 Å². The van der Waals surface area contributed by atoms with Gasteiger partial charge in [0.1, 0.15) is 5.75 Å². The molecule has 0 atom stereocenters. The van der Waals surface area contributed by atoms with Crippen molar-refractivity contribution in [2.24, 2.45) is 0 Å². The van der Waals surface area contributed by atoms with Crippen molar-refractivity contribution in [2.45, 2.75) is 11.8 Å². The van der Waals surface area contributed by atoms with Gasteiger partial charge in [-0.05, 0) is 67.1 Å². The molecule has 0 saturated heterocycles. The molecule has 0 aliphatic carbocycles. The minimum absolute atomic E-state index is 0.0714. The number of benzene rings is 3. The number of carbonyl (C=O) groups is 1. The fourth-order valence-corrected chi connectivity index (χ4v) is 4.05. The maximum atomic E-state index is 12.6. The van der Waals surface area contributed by atoms with Crippen molar-refractivity contribution in [1.82, 2.24) is 0 Å². The maximum absolute atomic E-state index is 12.6. The molecule has 1 amide bonds. The zero-order chi connectivity index (χ0) is 21.0. The van der Waals surface area contributed by atoms with Gasteiger partial charge in [0.15, 0.2) is 0 Å². The van der Waals surface area contributed by atoms with Crippen LogP contribution in [0.1, 0.15) is 15.9 Å². The van der Waals surface area contributed by atoms with Gasteiger partial charge >= 0.3 is 0 Å². The van der Waals surface area contributed by atoms with Gasteiger partial charge in [-0.1, -0.05) is 23.7 Å². The highest BCUT2D eigenvalue weighted by Crippen LogP contribution is 2.24. The summed E-state index contributed by atoms with van der Waals surface area (Å²) in [5.74, 6) is 0.0969. The van der Waals surface area contributed by atoms with Crippen LogP contribution in [0.2, 0.25) is 5.02 Å². The quantitative estimate of drug-likeness (QED) is 0.593. The molecular formula is C21H19ClN2O4S. The van der Waals surface area contributed by atoms with Gasteiger partial charge in [0.05, 0.1) is 23.3 Å². The molecule has 0 aliphatic heterocycles. The number of amides is 1. The monoisotopic (exact) mass is 430 g/mol. The number of aryl methyl sites for hydroxylation is 1. The molecule has 0 spiro atoms. The fourth-order valence-electron chi connectivity index (χ4n) is 2.69. The number of anilines is 2. The average molecular weight is 431 g/mol. The second-order valence-electron chi connectivity index (χ2n) is 6.24. The lowest BCUT2D eigenvalue weighted by Gasteiger charge is -2.12. The molecule has 6 nitrogen and oxygen atoms in total. The van der Waals surface area contributed by atoms with E-state index in [1.54, 1.807) is 49.4 Å². The van der Waals surface area contributed by atoms with E-state index in [1.807, 2.05) is 0 Å². The summed E-state index contributed by atoms with van der Waals surface area (Å²) in [6.45, 7) is 1.76. The molecule has 0 radical (unpaired) electrons. The molecule has 29 heavy (non-hydrogen) atoms. The number of halogens is 1. The zero-order valence-electron chi connectivity index (χ0n) is 15.8. The van der Waals surface area contributed by atoms with Crippen molar-refractivity contribution < 1.29 is 17.9 Å². The van der Waals surface area contributed by atoms with Crippen LogP contribution in [-0.2, 0) is 10.0 Å². The van der Waals surface area contributed by atoms with Crippen LogP contribution in [0.15, 0.2) is 71.6 Å². The SMILES string of the molecule is COc1ccccc1C(=O)Nc1ccc(S(=O)(=O)Nc2ccc(Cl)cc2C)cc1. The van der Waals surface area contributed by atoms with Gasteiger partial charge < -0.3 is 10.1 Å². The molecule has 150 valence electrons. The third-order valence-electron chi connectivity index (χ3n) is 4.21. The summed E-state index contributed by atoms with van der Waals surface area (Å²) in [5, 5.41) is 3.26. The second-order valence-corrected chi connectivity index (χ2v) is 8.36. The predicted molar refractivity (Wildman–Crippen MR) is 114 cm³/mol. The highest BCUT2D eigenvalue weighted by atomic mass is 35.5. The normalized spacial score (nSPS) is 11.0. The van der Waals surface area contributed by atoms with Crippen molar-refractivity contribution in [1.29, 1.82) is 0 Å². The van der Waals surface area contributed by atoms with Crippen LogP contribution in [0.25, 0.3) is 0 Å². The van der Waals surface area contributed by atoms with Crippen LogP contribution in [0.3, 0.4) is 0 Å². The number of rotatable bonds is 6. The predicted octanol–water partition coefficient (Wildman–Crippen LogP) is 4.71. The molecule has 0 aliphatic rings. The van der Waals surface area contributed by atoms with Crippen LogP contribution in [0.5, 0.6) is 5.75 Å². The van der Waals surface area contributed by atoms with Gasteiger partial charge in [-0.2, -0.15) is 0 Å². The summed E-state index contributed by atoms with van der Waals surface area (Å²) in [6, 6.07) is 17.6. The van der Waals surface area contributed by atoms with Crippen molar-refractivity contribution in [3.63, 3.8) is 0 Å². The molecule has 3 aromatic rings. The lowest BCUT2D eigenvalue weighted by Crippen LogP contribution is -2.15. The highest BCUT2D eigenvalue weighted by Gasteiger charge is 2.16. The van der Waals surface area contributed by atoms with Crippen molar-refractivity contribution in [3.05, 3.63) is 82.9 Å². The van der Waals surface area contributed by atoms with Gasteiger partial charge in [-0.25, -0.2) is 8.42 Å². The van der Waals surface area contributed by atoms with E-state index in [-0.39, 0.29) is 10.8 Å². The molecule has 0 fully saturated rings. The molecule has 8 heteroatoms. The third-order valence-corrected chi connectivity index (χ3v) is 5.82. The molecule has 0 saturated carbocycles. The maximum Gasteiger partial charge on any atom is 0.261 e. The summed E-state index contributed by atoms with van der Waals surface area (Å²) in [5.41, 5.74) is 2.00. The molecule has 3 aromatic carbocycles. The lowest BCUT2D eigenvalue weighted by molar-refractivity contribution is 0.102. The number of hydrogen-bond acceptors (Lipinski definition) is 4. The van der Waals surface area contributed by atoms with Crippen LogP contribution >= 0.6 is 11.6 Å². The van der Waals surface area contributed by atoms with E-state index < -0.39 is 10.0 Å². The number of para-hydroxylation sites is 1. The zero-order valence-corrected chi connectivity index (χ0v) is 17.3. The van der Waals surface area contributed by atoms with Gasteiger partial charge in [-0.15, -0.1) is 0 Å². The van der Waals surface area contributed by atoms with Crippen LogP contribution in [-0.4, -0.2) is 21.4 Å². The Morgan fingerprint density at radius 3 is 2.34 bits per heavy atom. The Kier molecular flexibility index (Phi) is 6.10. The van der Waals surface area contributed by atoms with E-state index in [4.69, 9.17) is 16.3 Å². The first-order valence-corrected chi connectivity index (χ1v) is 10.5. The van der Waals surface area contributed by atoms with E-state index in [0.29, 0.717) is 33.3 Å². The molecule has 0 bridgehead atoms. The van der Waals surface area contributed by atoms with Crippen molar-refractivity contribution in [3.8, 4) is 5.75 Å². The van der Waals surface area contributed by atoms with E-state index in [0.717, 1.165) is 0 Å². The molecule has 2 N–H and O–H groups in total. The van der Waals surface area contributed by atoms with Gasteiger partial charge in [0, 0.05) is 10.7 Å². The van der Waals surface area contributed by atoms with Crippen molar-refractivity contribution >= 4 is 38.9 Å². The smallest absolute Gasteiger partial charge is 0.261 e. The summed E-state index contributed by atoms with van der Waals surface area (Å²) in [7, 11) is -2.30. The Hall–Kier alpha value is -3.03. The number of hydrogen-bond donors (Lipinski definition) is 2. The fraction of sp³-hybridized carbons (Fsp3) is 0.0952. The Bertz CT molecular complexity index is 1150. The van der Waals surface area contributed by atoms with Crippen LogP contribution < -0.4 is 14.8 Å². The minimum Gasteiger partial charge on any atom is -0.496 e. The molecule has 0 aromatic heterocycles. The second kappa shape index (κ2) is 8.55. The number of sulfonamides is 1. The molecule has 0 unspecified atom stereocenters. The molecule has 3 rings (SSSR count). The van der Waals surface area contributed by atoms with Gasteiger partial charge in [0.2, 0.25) is 0 Å². The van der Waals surface area contributed by atoms with Crippen LogP contribution in [0, 0.1) is 6.92 Å². The molecule has 0 heterocycles. The van der Waals surface area contributed by atoms with Crippen LogP contribution in [0.4, 0.5) is 11.4 Å². The van der Waals surface area contributed by atoms with E-state index in [1.165, 1.54) is 31.4 Å². The lowest BCUT2D eigenvalue weighted by atomic mass is 10.2. The van der Waals surface area contributed by atoms with E-state index >= 15 is 0 Å². The number of ether oxygens (including phenoxy) is 1. The minimum atomic E-state index is -3.78. The first-order chi connectivity index (χ1) is 13.8. The number of methoxy groups -OCH3 is 1. The average Bonchev–Trinajstić information content (AvgIpc) is 2.70. The Balaban J connectivity index is 1.76. The van der Waals surface area contributed by atoms with Gasteiger partial charge in [-0.3, -0.25) is 9.52 Å². The topological polar surface area (TPSA) is 84.5 Å². The van der Waals surface area contributed by atoms with E-state index in [9.17, 15) is 13.2 Å². The summed E-state index contributed by atoms with van der Waals surface area (Å²) < 4.78 is 33.0.